The molecule has 0 amide bonds. The number of para-hydroxylation sites is 2. The molecule has 126 valence electrons. The summed E-state index contributed by atoms with van der Waals surface area (Å²) in [6.45, 7) is 2.21. The zero-order chi connectivity index (χ0) is 17.3. The topological polar surface area (TPSA) is 18.5 Å². The SMILES string of the molecule is CCCCc1ccccc1B(Oc1ccccc1)Oc1ccccc1. The summed E-state index contributed by atoms with van der Waals surface area (Å²) in [6, 6.07) is 28.0. The highest BCUT2D eigenvalue weighted by Crippen LogP contribution is 2.16. The van der Waals surface area contributed by atoms with Crippen molar-refractivity contribution in [3.05, 3.63) is 90.5 Å². The lowest BCUT2D eigenvalue weighted by Crippen LogP contribution is -2.44. The highest BCUT2D eigenvalue weighted by molar-refractivity contribution is 6.63. The first-order chi connectivity index (χ1) is 12.4. The molecule has 0 aliphatic carbocycles. The monoisotopic (exact) mass is 330 g/mol. The van der Waals surface area contributed by atoms with Gasteiger partial charge in [-0.3, -0.25) is 0 Å². The van der Waals surface area contributed by atoms with Crippen LogP contribution in [0.4, 0.5) is 0 Å². The molecule has 3 aromatic rings. The summed E-state index contributed by atoms with van der Waals surface area (Å²) in [6.07, 6.45) is 3.35. The van der Waals surface area contributed by atoms with E-state index in [0.717, 1.165) is 36.2 Å². The summed E-state index contributed by atoms with van der Waals surface area (Å²) in [7, 11) is -0.474. The second-order valence-corrected chi connectivity index (χ2v) is 6.00. The summed E-state index contributed by atoms with van der Waals surface area (Å²) >= 11 is 0. The van der Waals surface area contributed by atoms with Crippen molar-refractivity contribution in [2.45, 2.75) is 26.2 Å². The third-order valence-electron chi connectivity index (χ3n) is 4.08. The number of benzene rings is 3. The molecule has 3 heteroatoms. The normalized spacial score (nSPS) is 10.3. The van der Waals surface area contributed by atoms with E-state index >= 15 is 0 Å². The molecule has 0 saturated heterocycles. The van der Waals surface area contributed by atoms with Crippen molar-refractivity contribution in [2.75, 3.05) is 0 Å². The Labute approximate surface area is 150 Å². The Morgan fingerprint density at radius 1 is 0.680 bits per heavy atom. The van der Waals surface area contributed by atoms with Crippen LogP contribution in [-0.4, -0.2) is 7.12 Å². The number of hydrogen-bond donors (Lipinski definition) is 0. The van der Waals surface area contributed by atoms with E-state index in [4.69, 9.17) is 9.31 Å². The van der Waals surface area contributed by atoms with E-state index in [-0.39, 0.29) is 0 Å². The Morgan fingerprint density at radius 3 is 1.76 bits per heavy atom. The van der Waals surface area contributed by atoms with Gasteiger partial charge >= 0.3 is 7.12 Å². The van der Waals surface area contributed by atoms with E-state index in [2.05, 4.69) is 25.1 Å². The summed E-state index contributed by atoms with van der Waals surface area (Å²) in [5, 5.41) is 0. The van der Waals surface area contributed by atoms with Gasteiger partial charge in [0.1, 0.15) is 11.5 Å². The van der Waals surface area contributed by atoms with Gasteiger partial charge in [0.05, 0.1) is 0 Å². The van der Waals surface area contributed by atoms with Crippen molar-refractivity contribution in [1.29, 1.82) is 0 Å². The predicted octanol–water partition coefficient (Wildman–Crippen LogP) is 4.88. The van der Waals surface area contributed by atoms with Crippen LogP contribution in [0.1, 0.15) is 25.3 Å². The summed E-state index contributed by atoms with van der Waals surface area (Å²) in [5.41, 5.74) is 2.37. The molecule has 0 heterocycles. The maximum absolute atomic E-state index is 6.20. The number of unbranched alkanes of at least 4 members (excludes halogenated alkanes) is 1. The third-order valence-corrected chi connectivity index (χ3v) is 4.08. The van der Waals surface area contributed by atoms with Crippen molar-refractivity contribution < 1.29 is 9.31 Å². The van der Waals surface area contributed by atoms with E-state index < -0.39 is 7.12 Å². The first-order valence-electron chi connectivity index (χ1n) is 8.88. The minimum Gasteiger partial charge on any atom is -0.522 e. The molecule has 25 heavy (non-hydrogen) atoms. The van der Waals surface area contributed by atoms with Gasteiger partial charge in [0.15, 0.2) is 0 Å². The van der Waals surface area contributed by atoms with Gasteiger partial charge in [-0.1, -0.05) is 74.0 Å². The Kier molecular flexibility index (Phi) is 6.16. The lowest BCUT2D eigenvalue weighted by molar-refractivity contribution is 0.438. The zero-order valence-corrected chi connectivity index (χ0v) is 14.6. The molecule has 0 atom stereocenters. The minimum atomic E-state index is -0.474. The average Bonchev–Trinajstić information content (AvgIpc) is 2.68. The molecule has 0 N–H and O–H groups in total. The van der Waals surface area contributed by atoms with E-state index in [1.54, 1.807) is 0 Å². The van der Waals surface area contributed by atoms with Crippen molar-refractivity contribution in [1.82, 2.24) is 0 Å². The first kappa shape index (κ1) is 17.2. The van der Waals surface area contributed by atoms with Crippen LogP contribution in [0.25, 0.3) is 0 Å². The van der Waals surface area contributed by atoms with E-state index in [1.165, 1.54) is 5.56 Å². The maximum Gasteiger partial charge on any atom is 0.632 e. The third kappa shape index (κ3) is 4.90. The van der Waals surface area contributed by atoms with E-state index in [1.807, 2.05) is 66.7 Å². The Hall–Kier alpha value is -2.68. The fourth-order valence-corrected chi connectivity index (χ4v) is 2.76. The number of aryl methyl sites for hydroxylation is 1. The minimum absolute atomic E-state index is 0.474. The van der Waals surface area contributed by atoms with Gasteiger partial charge in [-0.05, 0) is 42.7 Å². The highest BCUT2D eigenvalue weighted by atomic mass is 16.6. The van der Waals surface area contributed by atoms with Crippen LogP contribution in [0.5, 0.6) is 11.5 Å². The standard InChI is InChI=1S/C22H23BO2/c1-2-3-12-19-13-10-11-18-22(19)23(24-20-14-6-4-7-15-20)25-21-16-8-5-9-17-21/h4-11,13-18H,2-3,12H2,1H3. The highest BCUT2D eigenvalue weighted by Gasteiger charge is 2.28. The molecule has 0 aromatic heterocycles. The molecule has 0 radical (unpaired) electrons. The summed E-state index contributed by atoms with van der Waals surface area (Å²) in [4.78, 5) is 0. The van der Waals surface area contributed by atoms with Crippen molar-refractivity contribution in [3.8, 4) is 11.5 Å². The Bertz CT molecular complexity index is 718. The molecule has 0 aliphatic rings. The molecule has 0 spiro atoms. The molecule has 0 aliphatic heterocycles. The molecular formula is C22H23BO2. The van der Waals surface area contributed by atoms with Crippen LogP contribution in [-0.2, 0) is 6.42 Å². The van der Waals surface area contributed by atoms with E-state index in [0.29, 0.717) is 0 Å². The summed E-state index contributed by atoms with van der Waals surface area (Å²) < 4.78 is 12.4. The van der Waals surface area contributed by atoms with Gasteiger partial charge in [-0.15, -0.1) is 0 Å². The van der Waals surface area contributed by atoms with Crippen LogP contribution < -0.4 is 14.8 Å². The molecule has 3 rings (SSSR count). The largest absolute Gasteiger partial charge is 0.632 e. The molecule has 0 bridgehead atoms. The molecule has 0 unspecified atom stereocenters. The van der Waals surface area contributed by atoms with Gasteiger partial charge in [-0.25, -0.2) is 0 Å². The van der Waals surface area contributed by atoms with Gasteiger partial charge in [0.2, 0.25) is 0 Å². The second kappa shape index (κ2) is 8.98. The first-order valence-corrected chi connectivity index (χ1v) is 8.88. The van der Waals surface area contributed by atoms with Crippen LogP contribution in [0.2, 0.25) is 0 Å². The second-order valence-electron chi connectivity index (χ2n) is 6.00. The van der Waals surface area contributed by atoms with Crippen LogP contribution in [0.3, 0.4) is 0 Å². The fraction of sp³-hybridized carbons (Fsp3) is 0.182. The van der Waals surface area contributed by atoms with Crippen LogP contribution in [0, 0.1) is 0 Å². The van der Waals surface area contributed by atoms with E-state index in [9.17, 15) is 0 Å². The lowest BCUT2D eigenvalue weighted by Gasteiger charge is -2.19. The van der Waals surface area contributed by atoms with Crippen molar-refractivity contribution >= 4 is 12.6 Å². The number of rotatable bonds is 8. The Balaban J connectivity index is 1.90. The van der Waals surface area contributed by atoms with Crippen molar-refractivity contribution in [2.24, 2.45) is 0 Å². The molecule has 0 fully saturated rings. The molecule has 0 saturated carbocycles. The van der Waals surface area contributed by atoms with Gasteiger partial charge in [0.25, 0.3) is 0 Å². The smallest absolute Gasteiger partial charge is 0.522 e. The zero-order valence-electron chi connectivity index (χ0n) is 14.6. The fourth-order valence-electron chi connectivity index (χ4n) is 2.76. The summed E-state index contributed by atoms with van der Waals surface area (Å²) in [5.74, 6) is 1.60. The average molecular weight is 330 g/mol. The lowest BCUT2D eigenvalue weighted by atomic mass is 9.74. The quantitative estimate of drug-likeness (QED) is 0.548. The van der Waals surface area contributed by atoms with Gasteiger partial charge in [0, 0.05) is 5.46 Å². The van der Waals surface area contributed by atoms with Gasteiger partial charge < -0.3 is 9.31 Å². The van der Waals surface area contributed by atoms with Crippen LogP contribution in [0.15, 0.2) is 84.9 Å². The number of hydrogen-bond acceptors (Lipinski definition) is 2. The molecule has 3 aromatic carbocycles. The van der Waals surface area contributed by atoms with Crippen LogP contribution >= 0.6 is 0 Å². The maximum atomic E-state index is 6.20. The molecule has 2 nitrogen and oxygen atoms in total. The predicted molar refractivity (Wildman–Crippen MR) is 105 cm³/mol. The molecular weight excluding hydrogens is 307 g/mol. The Morgan fingerprint density at radius 2 is 1.20 bits per heavy atom. The van der Waals surface area contributed by atoms with Gasteiger partial charge in [-0.2, -0.15) is 0 Å². The van der Waals surface area contributed by atoms with Crippen molar-refractivity contribution in [3.63, 3.8) is 0 Å².